The highest BCUT2D eigenvalue weighted by Gasteiger charge is 2.13. The number of aldehydes is 1. The number of methoxy groups -OCH3 is 1. The molecule has 0 saturated carbocycles. The third-order valence-electron chi connectivity index (χ3n) is 2.98. The fourth-order valence-electron chi connectivity index (χ4n) is 1.90. The third kappa shape index (κ3) is 3.69. The Bertz CT molecular complexity index is 669. The summed E-state index contributed by atoms with van der Waals surface area (Å²) in [6.45, 7) is 2.20. The average Bonchev–Trinajstić information content (AvgIpc) is 2.46. The van der Waals surface area contributed by atoms with Crippen LogP contribution >= 0.6 is 23.2 Å². The van der Waals surface area contributed by atoms with E-state index in [9.17, 15) is 4.79 Å². The molecule has 0 amide bonds. The van der Waals surface area contributed by atoms with Crippen LogP contribution in [0.5, 0.6) is 11.5 Å². The molecular formula is C16H14Cl2O3. The van der Waals surface area contributed by atoms with E-state index in [-0.39, 0.29) is 6.61 Å². The molecule has 0 fully saturated rings. The first-order valence-electron chi connectivity index (χ1n) is 6.25. The number of hydrogen-bond acceptors (Lipinski definition) is 3. The lowest BCUT2D eigenvalue weighted by molar-refractivity contribution is 0.111. The first-order valence-corrected chi connectivity index (χ1v) is 7.01. The SMILES string of the molecule is COc1cc(Cl)cc(C=O)c1OCc1ccc(C)cc1Cl. The predicted octanol–water partition coefficient (Wildman–Crippen LogP) is 4.70. The van der Waals surface area contributed by atoms with Crippen molar-refractivity contribution in [1.82, 2.24) is 0 Å². The molecule has 0 saturated heterocycles. The molecule has 0 radical (unpaired) electrons. The van der Waals surface area contributed by atoms with Crippen molar-refractivity contribution in [2.45, 2.75) is 13.5 Å². The van der Waals surface area contributed by atoms with Gasteiger partial charge in [-0.3, -0.25) is 4.79 Å². The molecule has 110 valence electrons. The molecule has 2 aromatic rings. The molecule has 2 rings (SSSR count). The first-order chi connectivity index (χ1) is 10.0. The van der Waals surface area contributed by atoms with E-state index in [2.05, 4.69) is 0 Å². The van der Waals surface area contributed by atoms with Crippen molar-refractivity contribution in [2.75, 3.05) is 7.11 Å². The lowest BCUT2D eigenvalue weighted by Gasteiger charge is -2.14. The van der Waals surface area contributed by atoms with E-state index in [1.165, 1.54) is 13.2 Å². The summed E-state index contributed by atoms with van der Waals surface area (Å²) >= 11 is 12.1. The van der Waals surface area contributed by atoms with Gasteiger partial charge in [0.05, 0.1) is 12.7 Å². The molecule has 0 aliphatic heterocycles. The first kappa shape index (κ1) is 15.7. The molecule has 5 heteroatoms. The third-order valence-corrected chi connectivity index (χ3v) is 3.55. The van der Waals surface area contributed by atoms with E-state index < -0.39 is 0 Å². The molecule has 0 heterocycles. The maximum Gasteiger partial charge on any atom is 0.172 e. The zero-order valence-corrected chi connectivity index (χ0v) is 13.2. The summed E-state index contributed by atoms with van der Waals surface area (Å²) in [5.74, 6) is 0.765. The van der Waals surface area contributed by atoms with E-state index in [0.717, 1.165) is 11.1 Å². The van der Waals surface area contributed by atoms with Crippen LogP contribution in [0, 0.1) is 6.92 Å². The van der Waals surface area contributed by atoms with Crippen molar-refractivity contribution < 1.29 is 14.3 Å². The van der Waals surface area contributed by atoms with Gasteiger partial charge in [-0.1, -0.05) is 35.3 Å². The van der Waals surface area contributed by atoms with Gasteiger partial charge in [0, 0.05) is 21.7 Å². The number of halogens is 2. The number of ether oxygens (including phenoxy) is 2. The van der Waals surface area contributed by atoms with Crippen molar-refractivity contribution in [3.8, 4) is 11.5 Å². The van der Waals surface area contributed by atoms with E-state index in [1.54, 1.807) is 6.07 Å². The van der Waals surface area contributed by atoms with Gasteiger partial charge < -0.3 is 9.47 Å². The Morgan fingerprint density at radius 1 is 1.19 bits per heavy atom. The Hall–Kier alpha value is -1.71. The topological polar surface area (TPSA) is 35.5 Å². The van der Waals surface area contributed by atoms with Crippen LogP contribution in [0.3, 0.4) is 0 Å². The highest BCUT2D eigenvalue weighted by atomic mass is 35.5. The quantitative estimate of drug-likeness (QED) is 0.747. The molecule has 0 aromatic heterocycles. The molecule has 2 aromatic carbocycles. The second kappa shape index (κ2) is 6.83. The molecule has 0 unspecified atom stereocenters. The van der Waals surface area contributed by atoms with Gasteiger partial charge in [0.1, 0.15) is 6.61 Å². The lowest BCUT2D eigenvalue weighted by atomic mass is 10.1. The summed E-state index contributed by atoms with van der Waals surface area (Å²) in [5.41, 5.74) is 2.24. The molecule has 21 heavy (non-hydrogen) atoms. The summed E-state index contributed by atoms with van der Waals surface area (Å²) in [6, 6.07) is 8.83. The fourth-order valence-corrected chi connectivity index (χ4v) is 2.41. The average molecular weight is 325 g/mol. The summed E-state index contributed by atoms with van der Waals surface area (Å²) in [5, 5.41) is 1.03. The van der Waals surface area contributed by atoms with Crippen LogP contribution in [0.2, 0.25) is 10.0 Å². The van der Waals surface area contributed by atoms with Crippen LogP contribution in [0.4, 0.5) is 0 Å². The Balaban J connectivity index is 2.29. The van der Waals surface area contributed by atoms with Gasteiger partial charge in [-0.15, -0.1) is 0 Å². The molecule has 0 atom stereocenters. The van der Waals surface area contributed by atoms with Gasteiger partial charge in [0.25, 0.3) is 0 Å². The molecular weight excluding hydrogens is 311 g/mol. The van der Waals surface area contributed by atoms with Crippen molar-refractivity contribution in [2.24, 2.45) is 0 Å². The van der Waals surface area contributed by atoms with Crippen LogP contribution in [-0.4, -0.2) is 13.4 Å². The fraction of sp³-hybridized carbons (Fsp3) is 0.188. The highest BCUT2D eigenvalue weighted by Crippen LogP contribution is 2.34. The van der Waals surface area contributed by atoms with E-state index in [0.29, 0.717) is 33.4 Å². The largest absolute Gasteiger partial charge is 0.493 e. The van der Waals surface area contributed by atoms with Crippen molar-refractivity contribution >= 4 is 29.5 Å². The van der Waals surface area contributed by atoms with Crippen LogP contribution in [0.15, 0.2) is 30.3 Å². The van der Waals surface area contributed by atoms with Gasteiger partial charge in [-0.25, -0.2) is 0 Å². The smallest absolute Gasteiger partial charge is 0.172 e. The van der Waals surface area contributed by atoms with Gasteiger partial charge in [-0.2, -0.15) is 0 Å². The molecule has 0 N–H and O–H groups in total. The number of hydrogen-bond donors (Lipinski definition) is 0. The van der Waals surface area contributed by atoms with Crippen LogP contribution in [-0.2, 0) is 6.61 Å². The Kier molecular flexibility index (Phi) is 5.10. The minimum atomic E-state index is 0.234. The number of aryl methyl sites for hydroxylation is 1. The minimum Gasteiger partial charge on any atom is -0.493 e. The molecule has 0 spiro atoms. The lowest BCUT2D eigenvalue weighted by Crippen LogP contribution is -2.01. The van der Waals surface area contributed by atoms with Gasteiger partial charge in [0.2, 0.25) is 0 Å². The van der Waals surface area contributed by atoms with Crippen molar-refractivity contribution in [1.29, 1.82) is 0 Å². The summed E-state index contributed by atoms with van der Waals surface area (Å²) in [7, 11) is 1.49. The number of rotatable bonds is 5. The summed E-state index contributed by atoms with van der Waals surface area (Å²) in [6.07, 6.45) is 0.681. The van der Waals surface area contributed by atoms with Crippen LogP contribution in [0.1, 0.15) is 21.5 Å². The maximum atomic E-state index is 11.2. The molecule has 0 aliphatic rings. The normalized spacial score (nSPS) is 10.3. The summed E-state index contributed by atoms with van der Waals surface area (Å²) < 4.78 is 10.9. The second-order valence-corrected chi connectivity index (χ2v) is 5.37. The number of carbonyl (C=O) groups is 1. The van der Waals surface area contributed by atoms with E-state index >= 15 is 0 Å². The van der Waals surface area contributed by atoms with Crippen molar-refractivity contribution in [3.05, 3.63) is 57.1 Å². The van der Waals surface area contributed by atoms with E-state index in [1.807, 2.05) is 25.1 Å². The molecule has 0 bridgehead atoms. The Morgan fingerprint density at radius 2 is 1.95 bits per heavy atom. The standard InChI is InChI=1S/C16H14Cl2O3/c1-10-3-4-11(14(18)5-10)9-21-16-12(8-19)6-13(17)7-15(16)20-2/h3-8H,9H2,1-2H3. The maximum absolute atomic E-state index is 11.2. The van der Waals surface area contributed by atoms with E-state index in [4.69, 9.17) is 32.7 Å². The van der Waals surface area contributed by atoms with Crippen molar-refractivity contribution in [3.63, 3.8) is 0 Å². The monoisotopic (exact) mass is 324 g/mol. The second-order valence-electron chi connectivity index (χ2n) is 4.53. The zero-order valence-electron chi connectivity index (χ0n) is 11.7. The highest BCUT2D eigenvalue weighted by molar-refractivity contribution is 6.31. The molecule has 3 nitrogen and oxygen atoms in total. The van der Waals surface area contributed by atoms with Crippen LogP contribution in [0.25, 0.3) is 0 Å². The molecule has 0 aliphatic carbocycles. The van der Waals surface area contributed by atoms with Gasteiger partial charge in [0.15, 0.2) is 17.8 Å². The van der Waals surface area contributed by atoms with Gasteiger partial charge >= 0.3 is 0 Å². The number of benzene rings is 2. The summed E-state index contributed by atoms with van der Waals surface area (Å²) in [4.78, 5) is 11.2. The van der Waals surface area contributed by atoms with Crippen LogP contribution < -0.4 is 9.47 Å². The number of carbonyl (C=O) groups excluding carboxylic acids is 1. The Labute approximate surface area is 133 Å². The van der Waals surface area contributed by atoms with Gasteiger partial charge in [-0.05, 0) is 24.6 Å². The Morgan fingerprint density at radius 3 is 2.57 bits per heavy atom. The predicted molar refractivity (Wildman–Crippen MR) is 83.9 cm³/mol. The zero-order chi connectivity index (χ0) is 15.4. The minimum absolute atomic E-state index is 0.234.